The van der Waals surface area contributed by atoms with Gasteiger partial charge >= 0.3 is 0 Å². The molecule has 0 saturated carbocycles. The summed E-state index contributed by atoms with van der Waals surface area (Å²) >= 11 is 0. The zero-order valence-electron chi connectivity index (χ0n) is 30.5. The van der Waals surface area contributed by atoms with Crippen LogP contribution in [0, 0.1) is 0 Å². The minimum atomic E-state index is -0.480. The fourth-order valence-corrected chi connectivity index (χ4v) is 9.14. The van der Waals surface area contributed by atoms with Crippen molar-refractivity contribution in [2.24, 2.45) is 9.98 Å². The third-order valence-electron chi connectivity index (χ3n) is 11.5. The Morgan fingerprint density at radius 3 is 1.80 bits per heavy atom. The van der Waals surface area contributed by atoms with Gasteiger partial charge in [-0.2, -0.15) is 0 Å². The van der Waals surface area contributed by atoms with Crippen molar-refractivity contribution < 1.29 is 0 Å². The first-order valence-corrected chi connectivity index (χ1v) is 19.2. The number of hydrogen-bond donors (Lipinski definition) is 1. The van der Waals surface area contributed by atoms with Crippen molar-refractivity contribution >= 4 is 33.5 Å². The number of aliphatic imine (C=N–C) groups is 2. The Hall–Kier alpha value is -7.30. The highest BCUT2D eigenvalue weighted by atomic mass is 15.2. The lowest BCUT2D eigenvalue weighted by molar-refractivity contribution is 0.674. The quantitative estimate of drug-likeness (QED) is 0.183. The molecule has 1 aliphatic heterocycles. The van der Waals surface area contributed by atoms with Gasteiger partial charge in [-0.3, -0.25) is 0 Å². The fraction of sp³-hybridized carbons (Fsp3) is 0.0385. The average molecular weight is 717 g/mol. The van der Waals surface area contributed by atoms with Crippen LogP contribution >= 0.6 is 0 Å². The molecule has 2 heterocycles. The van der Waals surface area contributed by atoms with Gasteiger partial charge in [-0.1, -0.05) is 176 Å². The summed E-state index contributed by atoms with van der Waals surface area (Å²) in [5, 5.41) is 6.11. The molecule has 9 aromatic rings. The molecule has 11 rings (SSSR count). The number of benzene rings is 8. The summed E-state index contributed by atoms with van der Waals surface area (Å²) in [6.45, 7) is 0. The van der Waals surface area contributed by atoms with E-state index in [1.54, 1.807) is 0 Å². The molecule has 1 unspecified atom stereocenters. The van der Waals surface area contributed by atoms with Crippen molar-refractivity contribution in [1.29, 1.82) is 0 Å². The number of amidine groups is 2. The standard InChI is InChI=1S/C52H36N4/c1-5-17-35(18-6-1)49-53-50(36-19-7-2-8-20-36)55-51(54-49)37-29-31-40(32-30-37)56-46-28-16-14-25-41(46)42-33-34-45-47(48(42)56)43-26-13-15-27-44(43)52(45,38-21-9-3-10-22-38)39-23-11-4-12-24-39/h1-34,49H,(H,53,54,55). The molecule has 1 atom stereocenters. The second kappa shape index (κ2) is 12.9. The minimum Gasteiger partial charge on any atom is -0.344 e. The highest BCUT2D eigenvalue weighted by Crippen LogP contribution is 2.58. The molecule has 1 aliphatic carbocycles. The average Bonchev–Trinajstić information content (AvgIpc) is 3.78. The molecule has 4 heteroatoms. The second-order valence-electron chi connectivity index (χ2n) is 14.5. The van der Waals surface area contributed by atoms with E-state index in [-0.39, 0.29) is 6.17 Å². The zero-order chi connectivity index (χ0) is 37.1. The summed E-state index contributed by atoms with van der Waals surface area (Å²) < 4.78 is 2.47. The van der Waals surface area contributed by atoms with E-state index in [0.29, 0.717) is 5.84 Å². The molecular weight excluding hydrogens is 681 g/mol. The molecule has 2 aliphatic rings. The van der Waals surface area contributed by atoms with Crippen LogP contribution in [-0.4, -0.2) is 16.2 Å². The first kappa shape index (κ1) is 32.2. The number of aromatic nitrogens is 1. The maximum absolute atomic E-state index is 5.08. The summed E-state index contributed by atoms with van der Waals surface area (Å²) in [6, 6.07) is 74.0. The molecule has 1 aromatic heterocycles. The fourth-order valence-electron chi connectivity index (χ4n) is 9.14. The molecule has 4 nitrogen and oxygen atoms in total. The Morgan fingerprint density at radius 2 is 1.09 bits per heavy atom. The van der Waals surface area contributed by atoms with Crippen molar-refractivity contribution in [2.45, 2.75) is 11.6 Å². The maximum atomic E-state index is 5.08. The van der Waals surface area contributed by atoms with Gasteiger partial charge in [0.1, 0.15) is 12.0 Å². The topological polar surface area (TPSA) is 41.7 Å². The Labute approximate surface area is 325 Å². The van der Waals surface area contributed by atoms with Gasteiger partial charge in [0.2, 0.25) is 0 Å². The lowest BCUT2D eigenvalue weighted by Gasteiger charge is -2.33. The first-order valence-electron chi connectivity index (χ1n) is 19.2. The van der Waals surface area contributed by atoms with Crippen molar-refractivity contribution in [3.63, 3.8) is 0 Å². The van der Waals surface area contributed by atoms with E-state index in [4.69, 9.17) is 9.98 Å². The largest absolute Gasteiger partial charge is 0.344 e. The molecule has 0 bridgehead atoms. The number of fused-ring (bicyclic) bond motifs is 7. The molecule has 0 saturated heterocycles. The summed E-state index contributed by atoms with van der Waals surface area (Å²) in [7, 11) is 0. The Bertz CT molecular complexity index is 2920. The first-order chi connectivity index (χ1) is 27.8. The van der Waals surface area contributed by atoms with Crippen LogP contribution in [0.1, 0.15) is 45.1 Å². The molecule has 1 N–H and O–H groups in total. The second-order valence-corrected chi connectivity index (χ2v) is 14.5. The Morgan fingerprint density at radius 1 is 0.482 bits per heavy atom. The van der Waals surface area contributed by atoms with Crippen LogP contribution < -0.4 is 5.32 Å². The number of hydrogen-bond acceptors (Lipinski definition) is 3. The van der Waals surface area contributed by atoms with Crippen LogP contribution in [0.25, 0.3) is 38.6 Å². The van der Waals surface area contributed by atoms with E-state index in [1.807, 2.05) is 24.3 Å². The van der Waals surface area contributed by atoms with Crippen molar-refractivity contribution in [1.82, 2.24) is 9.88 Å². The van der Waals surface area contributed by atoms with Crippen LogP contribution in [0.2, 0.25) is 0 Å². The molecule has 56 heavy (non-hydrogen) atoms. The number of nitrogens with one attached hydrogen (secondary N) is 1. The van der Waals surface area contributed by atoms with Gasteiger partial charge in [-0.05, 0) is 63.7 Å². The molecule has 264 valence electrons. The summed E-state index contributed by atoms with van der Waals surface area (Å²) in [4.78, 5) is 10.1. The minimum absolute atomic E-state index is 0.256. The number of rotatable bonds is 6. The molecule has 0 spiro atoms. The Balaban J connectivity index is 1.12. The normalized spacial score (nSPS) is 15.5. The molecule has 0 radical (unpaired) electrons. The highest BCUT2D eigenvalue weighted by Gasteiger charge is 2.47. The Kier molecular flexibility index (Phi) is 7.42. The van der Waals surface area contributed by atoms with E-state index in [0.717, 1.165) is 28.2 Å². The molecule has 0 amide bonds. The van der Waals surface area contributed by atoms with Crippen LogP contribution in [0.4, 0.5) is 0 Å². The molecule has 0 fully saturated rings. The predicted molar refractivity (Wildman–Crippen MR) is 230 cm³/mol. The van der Waals surface area contributed by atoms with E-state index in [9.17, 15) is 0 Å². The maximum Gasteiger partial charge on any atom is 0.159 e. The lowest BCUT2D eigenvalue weighted by atomic mass is 9.67. The van der Waals surface area contributed by atoms with Crippen LogP contribution in [0.3, 0.4) is 0 Å². The van der Waals surface area contributed by atoms with Gasteiger partial charge in [-0.25, -0.2) is 9.98 Å². The highest BCUT2D eigenvalue weighted by molar-refractivity contribution is 6.16. The van der Waals surface area contributed by atoms with Gasteiger partial charge < -0.3 is 9.88 Å². The van der Waals surface area contributed by atoms with Gasteiger partial charge in [0.25, 0.3) is 0 Å². The van der Waals surface area contributed by atoms with Gasteiger partial charge in [0.05, 0.1) is 16.4 Å². The smallest absolute Gasteiger partial charge is 0.159 e. The summed E-state index contributed by atoms with van der Waals surface area (Å²) in [6.07, 6.45) is -0.256. The van der Waals surface area contributed by atoms with Crippen molar-refractivity contribution in [3.8, 4) is 16.8 Å². The van der Waals surface area contributed by atoms with Crippen LogP contribution in [-0.2, 0) is 5.41 Å². The predicted octanol–water partition coefficient (Wildman–Crippen LogP) is 11.6. The van der Waals surface area contributed by atoms with Crippen molar-refractivity contribution in [3.05, 3.63) is 245 Å². The van der Waals surface area contributed by atoms with Gasteiger partial charge in [0, 0.05) is 33.2 Å². The third-order valence-corrected chi connectivity index (χ3v) is 11.5. The zero-order valence-corrected chi connectivity index (χ0v) is 30.5. The number of para-hydroxylation sites is 1. The van der Waals surface area contributed by atoms with E-state index >= 15 is 0 Å². The lowest BCUT2D eigenvalue weighted by Crippen LogP contribution is -2.33. The SMILES string of the molecule is c1ccc(C2=NC(c3ccccc3)NC(c3ccc(-n4c5ccccc5c5ccc6c(c54)-c4ccccc4C6(c4ccccc4)c4ccccc4)cc3)=N2)cc1. The summed E-state index contributed by atoms with van der Waals surface area (Å²) in [5.74, 6) is 1.51. The third kappa shape index (κ3) is 4.86. The van der Waals surface area contributed by atoms with Gasteiger partial charge in [0.15, 0.2) is 5.84 Å². The van der Waals surface area contributed by atoms with Crippen LogP contribution in [0.5, 0.6) is 0 Å². The van der Waals surface area contributed by atoms with Crippen LogP contribution in [0.15, 0.2) is 216 Å². The molecule has 8 aromatic carbocycles. The van der Waals surface area contributed by atoms with E-state index in [1.165, 1.54) is 55.2 Å². The van der Waals surface area contributed by atoms with Crippen molar-refractivity contribution in [2.75, 3.05) is 0 Å². The van der Waals surface area contributed by atoms with Gasteiger partial charge in [-0.15, -0.1) is 0 Å². The monoisotopic (exact) mass is 716 g/mol. The summed E-state index contributed by atoms with van der Waals surface area (Å²) in [5.41, 5.74) is 13.7. The molecular formula is C52H36N4. The van der Waals surface area contributed by atoms with E-state index < -0.39 is 5.41 Å². The number of nitrogens with zero attached hydrogens (tertiary/aromatic N) is 3. The van der Waals surface area contributed by atoms with E-state index in [2.05, 4.69) is 192 Å².